The van der Waals surface area contributed by atoms with Crippen LogP contribution in [0.15, 0.2) is 37.9 Å². The van der Waals surface area contributed by atoms with Gasteiger partial charge in [0.05, 0.1) is 11.9 Å². The second kappa shape index (κ2) is 3.34. The molecule has 0 atom stereocenters. The molecule has 6 heteroatoms. The van der Waals surface area contributed by atoms with Crippen LogP contribution in [-0.4, -0.2) is 9.97 Å². The molecule has 2 N–H and O–H groups in total. The third kappa shape index (κ3) is 1.47. The van der Waals surface area contributed by atoms with E-state index in [1.54, 1.807) is 18.2 Å². The van der Waals surface area contributed by atoms with E-state index in [2.05, 4.69) is 25.9 Å². The van der Waals surface area contributed by atoms with Crippen LogP contribution >= 0.6 is 15.9 Å². The zero-order chi connectivity index (χ0) is 11.1. The number of hydrogen-bond donors (Lipinski definition) is 1. The molecule has 0 aliphatic carbocycles. The van der Waals surface area contributed by atoms with Crippen LogP contribution in [0, 0.1) is 0 Å². The fourth-order valence-electron chi connectivity index (χ4n) is 1.37. The summed E-state index contributed by atoms with van der Waals surface area (Å²) in [7, 11) is 0. The van der Waals surface area contributed by atoms with E-state index in [0.717, 1.165) is 0 Å². The van der Waals surface area contributed by atoms with Gasteiger partial charge in [0.15, 0.2) is 21.7 Å². The Labute approximate surface area is 98.4 Å². The number of pyridine rings is 1. The maximum Gasteiger partial charge on any atom is 0.265 e. The van der Waals surface area contributed by atoms with Gasteiger partial charge in [0.1, 0.15) is 0 Å². The molecule has 0 fully saturated rings. The lowest BCUT2D eigenvalue weighted by Gasteiger charge is -1.87. The summed E-state index contributed by atoms with van der Waals surface area (Å²) >= 11 is 3.21. The minimum Gasteiger partial charge on any atom is -0.444 e. The molecule has 0 aliphatic rings. The predicted octanol–water partition coefficient (Wildman–Crippen LogP) is 2.83. The van der Waals surface area contributed by atoms with Crippen LogP contribution in [-0.2, 0) is 0 Å². The van der Waals surface area contributed by atoms with Crippen LogP contribution < -0.4 is 5.73 Å². The van der Waals surface area contributed by atoms with E-state index in [0.29, 0.717) is 33.2 Å². The van der Waals surface area contributed by atoms with Crippen molar-refractivity contribution in [2.75, 3.05) is 5.73 Å². The Morgan fingerprint density at radius 2 is 2.12 bits per heavy atom. The molecule has 0 bridgehead atoms. The van der Waals surface area contributed by atoms with Gasteiger partial charge < -0.3 is 14.6 Å². The molecule has 0 saturated heterocycles. The van der Waals surface area contributed by atoms with Gasteiger partial charge in [-0.05, 0) is 28.1 Å². The van der Waals surface area contributed by atoms with Crippen LogP contribution in [0.1, 0.15) is 0 Å². The highest BCUT2D eigenvalue weighted by Crippen LogP contribution is 2.27. The largest absolute Gasteiger partial charge is 0.444 e. The molecular weight excluding hydrogens is 274 g/mol. The molecule has 0 aliphatic heterocycles. The quantitative estimate of drug-likeness (QED) is 0.741. The van der Waals surface area contributed by atoms with Crippen LogP contribution in [0.5, 0.6) is 0 Å². The van der Waals surface area contributed by atoms with Gasteiger partial charge >= 0.3 is 0 Å². The number of fused-ring (bicyclic) bond motifs is 1. The number of oxazole rings is 1. The maximum absolute atomic E-state index is 5.59. The lowest BCUT2D eigenvalue weighted by molar-refractivity contribution is 0.518. The third-order valence-electron chi connectivity index (χ3n) is 2.05. The first kappa shape index (κ1) is 9.41. The molecule has 3 heterocycles. The van der Waals surface area contributed by atoms with E-state index in [-0.39, 0.29) is 0 Å². The lowest BCUT2D eigenvalue weighted by Crippen LogP contribution is -1.85. The highest BCUT2D eigenvalue weighted by Gasteiger charge is 2.12. The molecule has 3 aromatic rings. The van der Waals surface area contributed by atoms with Crippen LogP contribution in [0.25, 0.3) is 22.9 Å². The zero-order valence-corrected chi connectivity index (χ0v) is 9.56. The number of rotatable bonds is 1. The molecule has 0 aromatic carbocycles. The molecule has 3 rings (SSSR count). The van der Waals surface area contributed by atoms with Gasteiger partial charge in [0.2, 0.25) is 0 Å². The second-order valence-corrected chi connectivity index (χ2v) is 3.99. The van der Waals surface area contributed by atoms with Crippen molar-refractivity contribution in [3.8, 4) is 11.7 Å². The minimum absolute atomic E-state index is 0.388. The average Bonchev–Trinajstić information content (AvgIpc) is 2.83. The molecule has 0 amide bonds. The van der Waals surface area contributed by atoms with Gasteiger partial charge in [-0.3, -0.25) is 0 Å². The van der Waals surface area contributed by atoms with Crippen LogP contribution in [0.4, 0.5) is 5.69 Å². The Balaban J connectivity index is 2.18. The van der Waals surface area contributed by atoms with Crippen LogP contribution in [0.2, 0.25) is 0 Å². The molecule has 16 heavy (non-hydrogen) atoms. The Hall–Kier alpha value is -1.82. The molecule has 5 nitrogen and oxygen atoms in total. The second-order valence-electron chi connectivity index (χ2n) is 3.21. The normalized spacial score (nSPS) is 11.1. The van der Waals surface area contributed by atoms with E-state index in [9.17, 15) is 0 Å². The summed E-state index contributed by atoms with van der Waals surface area (Å²) in [5.74, 6) is 0.933. The van der Waals surface area contributed by atoms with E-state index in [4.69, 9.17) is 14.6 Å². The first-order valence-corrected chi connectivity index (χ1v) is 5.29. The summed E-state index contributed by atoms with van der Waals surface area (Å²) in [5.41, 5.74) is 7.19. The third-order valence-corrected chi connectivity index (χ3v) is 2.48. The van der Waals surface area contributed by atoms with E-state index < -0.39 is 0 Å². The topological polar surface area (TPSA) is 78.1 Å². The van der Waals surface area contributed by atoms with Gasteiger partial charge in [0.25, 0.3) is 5.89 Å². The van der Waals surface area contributed by atoms with Gasteiger partial charge in [0, 0.05) is 6.07 Å². The van der Waals surface area contributed by atoms with Crippen molar-refractivity contribution >= 4 is 32.8 Å². The smallest absolute Gasteiger partial charge is 0.265 e. The Bertz CT molecular complexity index is 659. The summed E-state index contributed by atoms with van der Waals surface area (Å²) in [6.07, 6.45) is 1.53. The van der Waals surface area contributed by atoms with Crippen molar-refractivity contribution in [3.63, 3.8) is 0 Å². The SMILES string of the molecule is Nc1cnc2nc(-c3ccc(Br)o3)oc2c1. The van der Waals surface area contributed by atoms with Crippen molar-refractivity contribution < 1.29 is 8.83 Å². The number of anilines is 1. The fourth-order valence-corrected chi connectivity index (χ4v) is 1.68. The van der Waals surface area contributed by atoms with Crippen molar-refractivity contribution in [2.24, 2.45) is 0 Å². The van der Waals surface area contributed by atoms with Gasteiger partial charge in [-0.2, -0.15) is 4.98 Å². The van der Waals surface area contributed by atoms with E-state index in [1.165, 1.54) is 6.20 Å². The first-order chi connectivity index (χ1) is 7.72. The number of nitrogens with two attached hydrogens (primary N) is 1. The number of nitrogen functional groups attached to an aromatic ring is 1. The molecule has 0 radical (unpaired) electrons. The lowest BCUT2D eigenvalue weighted by atomic mass is 10.4. The Morgan fingerprint density at radius 3 is 2.88 bits per heavy atom. The number of aromatic nitrogens is 2. The number of halogens is 1. The summed E-state index contributed by atoms with van der Waals surface area (Å²) in [5, 5.41) is 0. The molecule has 3 aromatic heterocycles. The summed E-state index contributed by atoms with van der Waals surface area (Å²) in [6.45, 7) is 0. The van der Waals surface area contributed by atoms with E-state index in [1.807, 2.05) is 0 Å². The molecule has 80 valence electrons. The molecule has 0 spiro atoms. The molecular formula is C10H6BrN3O2. The fraction of sp³-hybridized carbons (Fsp3) is 0. The minimum atomic E-state index is 0.388. The average molecular weight is 280 g/mol. The Morgan fingerprint density at radius 1 is 1.25 bits per heavy atom. The van der Waals surface area contributed by atoms with Crippen molar-refractivity contribution in [1.29, 1.82) is 0 Å². The monoisotopic (exact) mass is 279 g/mol. The standard InChI is InChI=1S/C10H6BrN3O2/c11-8-2-1-6(15-8)10-14-9-7(16-10)3-5(12)4-13-9/h1-4H,12H2. The maximum atomic E-state index is 5.59. The Kier molecular flexibility index (Phi) is 1.97. The highest BCUT2D eigenvalue weighted by molar-refractivity contribution is 9.10. The highest BCUT2D eigenvalue weighted by atomic mass is 79.9. The van der Waals surface area contributed by atoms with Crippen molar-refractivity contribution in [1.82, 2.24) is 9.97 Å². The zero-order valence-electron chi connectivity index (χ0n) is 7.98. The number of nitrogens with zero attached hydrogens (tertiary/aromatic N) is 2. The summed E-state index contributed by atoms with van der Waals surface area (Å²) < 4.78 is 11.4. The van der Waals surface area contributed by atoms with Crippen LogP contribution in [0.3, 0.4) is 0 Å². The summed E-state index contributed by atoms with van der Waals surface area (Å²) in [6, 6.07) is 5.21. The molecule has 0 saturated carbocycles. The van der Waals surface area contributed by atoms with Gasteiger partial charge in [-0.15, -0.1) is 0 Å². The van der Waals surface area contributed by atoms with E-state index >= 15 is 0 Å². The first-order valence-electron chi connectivity index (χ1n) is 4.50. The number of hydrogen-bond acceptors (Lipinski definition) is 5. The van der Waals surface area contributed by atoms with Crippen molar-refractivity contribution in [3.05, 3.63) is 29.1 Å². The number of furan rings is 1. The predicted molar refractivity (Wildman–Crippen MR) is 61.6 cm³/mol. The van der Waals surface area contributed by atoms with Gasteiger partial charge in [-0.1, -0.05) is 0 Å². The van der Waals surface area contributed by atoms with Crippen molar-refractivity contribution in [2.45, 2.75) is 0 Å². The molecule has 0 unspecified atom stereocenters. The van der Waals surface area contributed by atoms with Gasteiger partial charge in [-0.25, -0.2) is 4.98 Å². The summed E-state index contributed by atoms with van der Waals surface area (Å²) in [4.78, 5) is 8.24.